The van der Waals surface area contributed by atoms with E-state index in [1.807, 2.05) is 42.5 Å². The van der Waals surface area contributed by atoms with Crippen LogP contribution in [0.15, 0.2) is 103 Å². The number of hydrogen-bond acceptors (Lipinski definition) is 5. The van der Waals surface area contributed by atoms with Crippen molar-refractivity contribution in [2.24, 2.45) is 5.92 Å². The van der Waals surface area contributed by atoms with Crippen molar-refractivity contribution in [1.82, 2.24) is 9.80 Å². The number of nitrogens with zero attached hydrogens (tertiary/aromatic N) is 3. The number of rotatable bonds is 8. The monoisotopic (exact) mass is 605 g/mol. The number of ether oxygens (including phenoxy) is 1. The predicted molar refractivity (Wildman–Crippen MR) is 179 cm³/mol. The molecule has 1 N–H and O–H groups in total. The largest absolute Gasteiger partial charge is 0.493 e. The first kappa shape index (κ1) is 31.8. The number of carbonyl (C=O) groups is 2. The molecule has 1 amide bonds. The van der Waals surface area contributed by atoms with Crippen molar-refractivity contribution in [3.63, 3.8) is 0 Å². The number of amides is 1. The highest BCUT2D eigenvalue weighted by Crippen LogP contribution is 2.32. The van der Waals surface area contributed by atoms with Crippen LogP contribution >= 0.6 is 0 Å². The van der Waals surface area contributed by atoms with Crippen LogP contribution in [0.5, 0.6) is 5.75 Å². The third kappa shape index (κ3) is 8.96. The van der Waals surface area contributed by atoms with Gasteiger partial charge in [0.05, 0.1) is 6.61 Å². The second-order valence-electron chi connectivity index (χ2n) is 12.1. The Labute approximate surface area is 266 Å². The van der Waals surface area contributed by atoms with Gasteiger partial charge < -0.3 is 19.6 Å². The number of anilines is 1. The summed E-state index contributed by atoms with van der Waals surface area (Å²) in [6, 6.07) is 35.1. The van der Waals surface area contributed by atoms with E-state index in [2.05, 4.69) is 84.3 Å². The van der Waals surface area contributed by atoms with Gasteiger partial charge in [-0.15, -0.1) is 0 Å². The molecule has 5 rings (SSSR count). The molecule has 0 saturated carbocycles. The zero-order valence-electron chi connectivity index (χ0n) is 26.3. The quantitative estimate of drug-likeness (QED) is 0.225. The van der Waals surface area contributed by atoms with Gasteiger partial charge in [-0.05, 0) is 58.4 Å². The minimum atomic E-state index is -1.43. The van der Waals surface area contributed by atoms with Gasteiger partial charge in [0.1, 0.15) is 5.75 Å². The minimum Gasteiger partial charge on any atom is -0.493 e. The van der Waals surface area contributed by atoms with Crippen LogP contribution in [0.4, 0.5) is 5.69 Å². The summed E-state index contributed by atoms with van der Waals surface area (Å²) in [5.41, 5.74) is 6.39. The summed E-state index contributed by atoms with van der Waals surface area (Å²) in [5.74, 6) is -1.06. The fourth-order valence-electron chi connectivity index (χ4n) is 5.74. The first-order valence-corrected chi connectivity index (χ1v) is 15.8. The summed E-state index contributed by atoms with van der Waals surface area (Å²) in [6.45, 7) is 9.09. The summed E-state index contributed by atoms with van der Waals surface area (Å²) in [4.78, 5) is 31.1. The molecular weight excluding hydrogens is 562 g/mol. The molecular formula is C38H43N3O4. The zero-order valence-corrected chi connectivity index (χ0v) is 26.3. The third-order valence-electron chi connectivity index (χ3n) is 8.06. The van der Waals surface area contributed by atoms with Crippen LogP contribution in [0.25, 0.3) is 11.1 Å². The summed E-state index contributed by atoms with van der Waals surface area (Å²) in [6.07, 6.45) is 0.911. The smallest absolute Gasteiger partial charge is 0.394 e. The Hall–Kier alpha value is -4.62. The fourth-order valence-corrected chi connectivity index (χ4v) is 5.74. The number of benzene rings is 4. The van der Waals surface area contributed by atoms with E-state index in [4.69, 9.17) is 4.74 Å². The maximum absolute atomic E-state index is 13.0. The van der Waals surface area contributed by atoms with Crippen LogP contribution in [-0.4, -0.2) is 59.6 Å². The summed E-state index contributed by atoms with van der Waals surface area (Å²) in [5, 5.41) is 9.74. The van der Waals surface area contributed by atoms with Crippen LogP contribution in [-0.2, 0) is 29.2 Å². The lowest BCUT2D eigenvalue weighted by Gasteiger charge is -2.29. The molecule has 0 saturated heterocycles. The van der Waals surface area contributed by atoms with Crippen LogP contribution in [0, 0.1) is 5.92 Å². The predicted octanol–water partition coefficient (Wildman–Crippen LogP) is 6.71. The molecule has 7 heteroatoms. The van der Waals surface area contributed by atoms with Gasteiger partial charge in [-0.1, -0.05) is 98.8 Å². The standard InChI is InChI=1S/C38H43N3O4/c1-29(2)28-45-35-16-9-15-32(23-35)33-17-18-34-27-41(37(42)38(43)44)22-21-39(25-30-11-5-3-6-12-30)19-10-20-40(36(34)24-33)26-31-13-7-4-8-14-31/h3-9,11-18,23-24,29H,10,19-22,25-28H2,1-2H3,(H,43,44). The Morgan fingerprint density at radius 2 is 1.44 bits per heavy atom. The van der Waals surface area contributed by atoms with Crippen molar-refractivity contribution >= 4 is 17.6 Å². The Balaban J connectivity index is 1.52. The maximum Gasteiger partial charge on any atom is 0.394 e. The first-order chi connectivity index (χ1) is 21.9. The molecule has 0 bridgehead atoms. The number of carbonyl (C=O) groups excluding carboxylic acids is 1. The van der Waals surface area contributed by atoms with Crippen molar-refractivity contribution < 1.29 is 19.4 Å². The van der Waals surface area contributed by atoms with Gasteiger partial charge in [0.2, 0.25) is 0 Å². The molecule has 0 unspecified atom stereocenters. The second-order valence-corrected chi connectivity index (χ2v) is 12.1. The average Bonchev–Trinajstić information content (AvgIpc) is 3.08. The molecule has 0 aliphatic carbocycles. The van der Waals surface area contributed by atoms with E-state index in [-0.39, 0.29) is 6.54 Å². The van der Waals surface area contributed by atoms with Gasteiger partial charge >= 0.3 is 11.9 Å². The molecule has 1 heterocycles. The highest BCUT2D eigenvalue weighted by atomic mass is 16.5. The van der Waals surface area contributed by atoms with Crippen LogP contribution in [0.2, 0.25) is 0 Å². The normalized spacial score (nSPS) is 14.5. The topological polar surface area (TPSA) is 73.3 Å². The number of fused-ring (bicyclic) bond motifs is 1. The highest BCUT2D eigenvalue weighted by Gasteiger charge is 2.25. The molecule has 1 aliphatic heterocycles. The fraction of sp³-hybridized carbons (Fsp3) is 0.316. The Morgan fingerprint density at radius 3 is 2.13 bits per heavy atom. The molecule has 0 fully saturated rings. The Kier molecular flexibility index (Phi) is 10.9. The third-order valence-corrected chi connectivity index (χ3v) is 8.06. The lowest BCUT2D eigenvalue weighted by Crippen LogP contribution is -2.41. The van der Waals surface area contributed by atoms with Crippen molar-refractivity contribution in [2.45, 2.75) is 39.9 Å². The van der Waals surface area contributed by atoms with Gasteiger partial charge in [-0.3, -0.25) is 9.69 Å². The number of aliphatic carboxylic acids is 1. The molecule has 0 atom stereocenters. The van der Waals surface area contributed by atoms with Gasteiger partial charge in [-0.25, -0.2) is 4.79 Å². The second kappa shape index (κ2) is 15.4. The summed E-state index contributed by atoms with van der Waals surface area (Å²) >= 11 is 0. The summed E-state index contributed by atoms with van der Waals surface area (Å²) < 4.78 is 6.02. The van der Waals surface area contributed by atoms with Crippen LogP contribution in [0.3, 0.4) is 0 Å². The van der Waals surface area contributed by atoms with Crippen molar-refractivity contribution in [3.05, 3.63) is 120 Å². The van der Waals surface area contributed by atoms with Crippen LogP contribution in [0.1, 0.15) is 37.0 Å². The van der Waals surface area contributed by atoms with Crippen molar-refractivity contribution in [3.8, 4) is 16.9 Å². The molecule has 4 aromatic rings. The van der Waals surface area contributed by atoms with E-state index < -0.39 is 11.9 Å². The van der Waals surface area contributed by atoms with Gasteiger partial charge in [0.15, 0.2) is 0 Å². The molecule has 0 aromatic heterocycles. The molecule has 1 aliphatic rings. The van der Waals surface area contributed by atoms with E-state index in [0.29, 0.717) is 32.2 Å². The summed E-state index contributed by atoms with van der Waals surface area (Å²) in [7, 11) is 0. The van der Waals surface area contributed by atoms with Gasteiger partial charge in [0.25, 0.3) is 0 Å². The van der Waals surface area contributed by atoms with Crippen molar-refractivity contribution in [2.75, 3.05) is 37.7 Å². The first-order valence-electron chi connectivity index (χ1n) is 15.8. The Morgan fingerprint density at radius 1 is 0.756 bits per heavy atom. The molecule has 7 nitrogen and oxygen atoms in total. The molecule has 234 valence electrons. The number of hydrogen-bond donors (Lipinski definition) is 1. The molecule has 0 radical (unpaired) electrons. The lowest BCUT2D eigenvalue weighted by atomic mass is 10.00. The minimum absolute atomic E-state index is 0.211. The van der Waals surface area contributed by atoms with E-state index in [1.54, 1.807) is 0 Å². The van der Waals surface area contributed by atoms with E-state index in [9.17, 15) is 14.7 Å². The molecule has 45 heavy (non-hydrogen) atoms. The van der Waals surface area contributed by atoms with Gasteiger partial charge in [-0.2, -0.15) is 0 Å². The van der Waals surface area contributed by atoms with Crippen molar-refractivity contribution in [1.29, 1.82) is 0 Å². The van der Waals surface area contributed by atoms with E-state index in [1.165, 1.54) is 16.0 Å². The lowest BCUT2D eigenvalue weighted by molar-refractivity contribution is -0.156. The van der Waals surface area contributed by atoms with E-state index in [0.717, 1.165) is 54.2 Å². The SMILES string of the molecule is CC(C)COc1cccc(-c2ccc3c(c2)N(Cc2ccccc2)CCCN(Cc2ccccc2)CCN(C(=O)C(=O)O)C3)c1. The number of carboxylic acid groups (broad SMARTS) is 1. The maximum atomic E-state index is 13.0. The van der Waals surface area contributed by atoms with E-state index >= 15 is 0 Å². The zero-order chi connectivity index (χ0) is 31.6. The molecule has 4 aromatic carbocycles. The average molecular weight is 606 g/mol. The Bertz CT molecular complexity index is 1560. The molecule has 0 spiro atoms. The van der Waals surface area contributed by atoms with Gasteiger partial charge in [0, 0.05) is 51.5 Å². The number of carboxylic acids is 1. The van der Waals surface area contributed by atoms with Crippen LogP contribution < -0.4 is 9.64 Å². The highest BCUT2D eigenvalue weighted by molar-refractivity contribution is 6.31.